The summed E-state index contributed by atoms with van der Waals surface area (Å²) in [6.07, 6.45) is -0.529. The SMILES string of the molecule is CC(C1CC1)N(CC(F)(F)F)C(=O)c1cnc(Cl)cn1. The van der Waals surface area contributed by atoms with Gasteiger partial charge in [-0.05, 0) is 25.7 Å². The van der Waals surface area contributed by atoms with Gasteiger partial charge in [-0.2, -0.15) is 13.2 Å². The van der Waals surface area contributed by atoms with E-state index in [1.807, 2.05) is 0 Å². The van der Waals surface area contributed by atoms with Crippen molar-refractivity contribution in [1.29, 1.82) is 0 Å². The van der Waals surface area contributed by atoms with Gasteiger partial charge in [0, 0.05) is 6.04 Å². The van der Waals surface area contributed by atoms with Gasteiger partial charge in [0.2, 0.25) is 0 Å². The van der Waals surface area contributed by atoms with Crippen molar-refractivity contribution in [2.24, 2.45) is 5.92 Å². The van der Waals surface area contributed by atoms with Crippen LogP contribution in [0.4, 0.5) is 13.2 Å². The standard InChI is InChI=1S/C12H13ClF3N3O/c1-7(8-2-3-8)19(6-12(14,15)16)11(20)9-4-18-10(13)5-17-9/h4-5,7-8H,2-3,6H2,1H3. The molecule has 1 unspecified atom stereocenters. The van der Waals surface area contributed by atoms with Crippen molar-refractivity contribution in [3.8, 4) is 0 Å². The van der Waals surface area contributed by atoms with Gasteiger partial charge < -0.3 is 4.90 Å². The highest BCUT2D eigenvalue weighted by atomic mass is 35.5. The lowest BCUT2D eigenvalue weighted by atomic mass is 10.1. The number of carbonyl (C=O) groups excluding carboxylic acids is 1. The number of hydrogen-bond acceptors (Lipinski definition) is 3. The van der Waals surface area contributed by atoms with Gasteiger partial charge in [0.15, 0.2) is 0 Å². The van der Waals surface area contributed by atoms with E-state index in [2.05, 4.69) is 9.97 Å². The van der Waals surface area contributed by atoms with Crippen molar-refractivity contribution >= 4 is 17.5 Å². The molecule has 0 aromatic carbocycles. The summed E-state index contributed by atoms with van der Waals surface area (Å²) in [5.41, 5.74) is -0.133. The first kappa shape index (κ1) is 15.0. The number of rotatable bonds is 4. The smallest absolute Gasteiger partial charge is 0.325 e. The molecule has 1 atom stereocenters. The van der Waals surface area contributed by atoms with Crippen molar-refractivity contribution in [2.45, 2.75) is 32.0 Å². The van der Waals surface area contributed by atoms with E-state index in [0.29, 0.717) is 0 Å². The average Bonchev–Trinajstić information content (AvgIpc) is 3.18. The zero-order valence-corrected chi connectivity index (χ0v) is 11.4. The van der Waals surface area contributed by atoms with Crippen molar-refractivity contribution in [3.05, 3.63) is 23.2 Å². The molecule has 0 aliphatic heterocycles. The van der Waals surface area contributed by atoms with Crippen LogP contribution in [0.2, 0.25) is 5.15 Å². The maximum absolute atomic E-state index is 12.6. The molecule has 1 aliphatic carbocycles. The number of carbonyl (C=O) groups is 1. The number of halogens is 4. The van der Waals surface area contributed by atoms with Crippen molar-refractivity contribution < 1.29 is 18.0 Å². The maximum Gasteiger partial charge on any atom is 0.406 e. The van der Waals surface area contributed by atoms with Gasteiger partial charge >= 0.3 is 6.18 Å². The Kier molecular flexibility index (Phi) is 4.17. The summed E-state index contributed by atoms with van der Waals surface area (Å²) in [5, 5.41) is 0.0826. The van der Waals surface area contributed by atoms with Crippen LogP contribution in [0.5, 0.6) is 0 Å². The molecule has 2 rings (SSSR count). The Balaban J connectivity index is 2.20. The van der Waals surface area contributed by atoms with Crippen LogP contribution >= 0.6 is 11.6 Å². The summed E-state index contributed by atoms with van der Waals surface area (Å²) < 4.78 is 37.9. The molecule has 1 saturated carbocycles. The molecule has 1 heterocycles. The Morgan fingerprint density at radius 2 is 2.10 bits per heavy atom. The molecule has 0 bridgehead atoms. The topological polar surface area (TPSA) is 46.1 Å². The fraction of sp³-hybridized carbons (Fsp3) is 0.583. The number of nitrogens with zero attached hydrogens (tertiary/aromatic N) is 3. The predicted molar refractivity (Wildman–Crippen MR) is 66.3 cm³/mol. The highest BCUT2D eigenvalue weighted by molar-refractivity contribution is 6.29. The monoisotopic (exact) mass is 307 g/mol. The summed E-state index contributed by atoms with van der Waals surface area (Å²) >= 11 is 5.55. The first-order valence-corrected chi connectivity index (χ1v) is 6.51. The zero-order valence-electron chi connectivity index (χ0n) is 10.7. The third kappa shape index (κ3) is 3.82. The molecule has 110 valence electrons. The van der Waals surface area contributed by atoms with E-state index >= 15 is 0 Å². The van der Waals surface area contributed by atoms with Gasteiger partial charge in [-0.3, -0.25) is 4.79 Å². The van der Waals surface area contributed by atoms with E-state index in [1.54, 1.807) is 6.92 Å². The van der Waals surface area contributed by atoms with Crippen LogP contribution in [0.25, 0.3) is 0 Å². The summed E-state index contributed by atoms with van der Waals surface area (Å²) in [6, 6.07) is -0.471. The average molecular weight is 308 g/mol. The Bertz CT molecular complexity index is 488. The molecule has 0 radical (unpaired) electrons. The van der Waals surface area contributed by atoms with E-state index in [0.717, 1.165) is 30.1 Å². The Labute approximate surface area is 119 Å². The van der Waals surface area contributed by atoms with Gasteiger partial charge in [-0.25, -0.2) is 9.97 Å². The largest absolute Gasteiger partial charge is 0.406 e. The predicted octanol–water partition coefficient (Wildman–Crippen LogP) is 2.93. The minimum Gasteiger partial charge on any atom is -0.325 e. The second-order valence-electron chi connectivity index (χ2n) is 4.85. The van der Waals surface area contributed by atoms with Crippen molar-refractivity contribution in [2.75, 3.05) is 6.54 Å². The Hall–Kier alpha value is -1.37. The fourth-order valence-electron chi connectivity index (χ4n) is 2.00. The van der Waals surface area contributed by atoms with Crippen molar-refractivity contribution in [3.63, 3.8) is 0 Å². The molecule has 1 aromatic rings. The summed E-state index contributed by atoms with van der Waals surface area (Å²) in [7, 11) is 0. The van der Waals surface area contributed by atoms with E-state index < -0.39 is 24.7 Å². The van der Waals surface area contributed by atoms with Crippen LogP contribution in [-0.4, -0.2) is 39.5 Å². The molecule has 4 nitrogen and oxygen atoms in total. The highest BCUT2D eigenvalue weighted by Crippen LogP contribution is 2.36. The molecule has 0 saturated heterocycles. The zero-order chi connectivity index (χ0) is 14.9. The molecule has 0 spiro atoms. The summed E-state index contributed by atoms with van der Waals surface area (Å²) in [6.45, 7) is 0.346. The lowest BCUT2D eigenvalue weighted by Crippen LogP contribution is -2.45. The number of alkyl halides is 3. The molecule has 0 N–H and O–H groups in total. The van der Waals surface area contributed by atoms with E-state index in [4.69, 9.17) is 11.6 Å². The van der Waals surface area contributed by atoms with Crippen LogP contribution < -0.4 is 0 Å². The number of aromatic nitrogens is 2. The van der Waals surface area contributed by atoms with E-state index in [-0.39, 0.29) is 16.8 Å². The molecule has 1 aliphatic rings. The van der Waals surface area contributed by atoms with E-state index in [1.165, 1.54) is 0 Å². The highest BCUT2D eigenvalue weighted by Gasteiger charge is 2.41. The third-order valence-electron chi connectivity index (χ3n) is 3.25. The van der Waals surface area contributed by atoms with Crippen LogP contribution in [0, 0.1) is 5.92 Å². The summed E-state index contributed by atoms with van der Waals surface area (Å²) in [4.78, 5) is 20.4. The molecule has 8 heteroatoms. The van der Waals surface area contributed by atoms with E-state index in [9.17, 15) is 18.0 Å². The van der Waals surface area contributed by atoms with Crippen LogP contribution in [0.3, 0.4) is 0 Å². The minimum atomic E-state index is -4.45. The van der Waals surface area contributed by atoms with Gasteiger partial charge in [0.25, 0.3) is 5.91 Å². The molecule has 1 fully saturated rings. The van der Waals surface area contributed by atoms with Crippen LogP contribution in [-0.2, 0) is 0 Å². The maximum atomic E-state index is 12.6. The van der Waals surface area contributed by atoms with Gasteiger partial charge in [0.05, 0.1) is 12.4 Å². The lowest BCUT2D eigenvalue weighted by molar-refractivity contribution is -0.144. The number of hydrogen-bond donors (Lipinski definition) is 0. The Morgan fingerprint density at radius 1 is 1.45 bits per heavy atom. The molecule has 1 aromatic heterocycles. The second kappa shape index (κ2) is 5.55. The van der Waals surface area contributed by atoms with Gasteiger partial charge in [0.1, 0.15) is 17.4 Å². The van der Waals surface area contributed by atoms with Gasteiger partial charge in [-0.1, -0.05) is 11.6 Å². The minimum absolute atomic E-state index is 0.0826. The van der Waals surface area contributed by atoms with Crippen molar-refractivity contribution in [1.82, 2.24) is 14.9 Å². The van der Waals surface area contributed by atoms with Crippen LogP contribution in [0.1, 0.15) is 30.3 Å². The first-order chi connectivity index (χ1) is 9.28. The Morgan fingerprint density at radius 3 is 2.55 bits per heavy atom. The second-order valence-corrected chi connectivity index (χ2v) is 5.24. The third-order valence-corrected chi connectivity index (χ3v) is 3.44. The molecular weight excluding hydrogens is 295 g/mol. The number of amides is 1. The molecular formula is C12H13ClF3N3O. The molecule has 1 amide bonds. The quantitative estimate of drug-likeness (QED) is 0.859. The van der Waals surface area contributed by atoms with Crippen LogP contribution in [0.15, 0.2) is 12.4 Å². The van der Waals surface area contributed by atoms with Gasteiger partial charge in [-0.15, -0.1) is 0 Å². The first-order valence-electron chi connectivity index (χ1n) is 6.13. The lowest BCUT2D eigenvalue weighted by Gasteiger charge is -2.29. The molecule has 20 heavy (non-hydrogen) atoms. The normalized spacial score (nSPS) is 16.9. The fourth-order valence-corrected chi connectivity index (χ4v) is 2.09. The summed E-state index contributed by atoms with van der Waals surface area (Å²) in [5.74, 6) is -0.646.